The third-order valence-electron chi connectivity index (χ3n) is 7.91. The Morgan fingerprint density at radius 3 is 1.80 bits per heavy atom. The van der Waals surface area contributed by atoms with E-state index < -0.39 is 5.97 Å². The maximum absolute atomic E-state index is 13.8. The van der Waals surface area contributed by atoms with E-state index in [1.165, 1.54) is 26.2 Å². The van der Waals surface area contributed by atoms with E-state index in [2.05, 4.69) is 27.7 Å². The van der Waals surface area contributed by atoms with Crippen LogP contribution in [0, 0.1) is 0 Å². The van der Waals surface area contributed by atoms with Crippen LogP contribution in [0.5, 0.6) is 11.5 Å². The Balaban J connectivity index is 1.42. The van der Waals surface area contributed by atoms with Crippen LogP contribution in [0.2, 0.25) is 0 Å². The molecule has 46 heavy (non-hydrogen) atoms. The average molecular weight is 620 g/mol. The van der Waals surface area contributed by atoms with E-state index in [9.17, 15) is 14.4 Å². The monoisotopic (exact) mass is 619 g/mol. The number of anilines is 1. The number of hydrogen-bond donors (Lipinski definition) is 0. The molecule has 0 saturated heterocycles. The lowest BCUT2D eigenvalue weighted by atomic mass is 9.86. The summed E-state index contributed by atoms with van der Waals surface area (Å²) < 4.78 is 11.4. The number of ether oxygens (including phenoxy) is 2. The lowest BCUT2D eigenvalue weighted by molar-refractivity contribution is 0.0734. The minimum absolute atomic E-state index is 0.0277. The van der Waals surface area contributed by atoms with Crippen LogP contribution < -0.4 is 14.4 Å². The highest BCUT2D eigenvalue weighted by atomic mass is 16.5. The number of rotatable bonds is 14. The van der Waals surface area contributed by atoms with E-state index in [4.69, 9.17) is 9.47 Å². The first kappa shape index (κ1) is 34.2. The summed E-state index contributed by atoms with van der Waals surface area (Å²) in [6, 6.07) is 28.9. The van der Waals surface area contributed by atoms with E-state index in [1.807, 2.05) is 36.4 Å². The van der Waals surface area contributed by atoms with Gasteiger partial charge in [0.1, 0.15) is 11.5 Å². The van der Waals surface area contributed by atoms with Gasteiger partial charge in [0.2, 0.25) is 0 Å². The van der Waals surface area contributed by atoms with E-state index in [-0.39, 0.29) is 23.7 Å². The van der Waals surface area contributed by atoms with Crippen molar-refractivity contribution >= 4 is 23.3 Å². The van der Waals surface area contributed by atoms with Crippen LogP contribution in [-0.2, 0) is 12.0 Å². The van der Waals surface area contributed by atoms with Crippen LogP contribution in [0.1, 0.15) is 109 Å². The second-order valence-electron chi connectivity index (χ2n) is 12.6. The molecule has 0 unspecified atom stereocenters. The number of unbranched alkanes of at least 4 members (excludes halogenated alkanes) is 4. The van der Waals surface area contributed by atoms with Gasteiger partial charge in [-0.15, -0.1) is 0 Å². The topological polar surface area (TPSA) is 72.9 Å². The Kier molecular flexibility index (Phi) is 11.9. The summed E-state index contributed by atoms with van der Waals surface area (Å²) >= 11 is 0. The van der Waals surface area contributed by atoms with Crippen molar-refractivity contribution in [3.8, 4) is 11.5 Å². The molecule has 0 aliphatic carbocycles. The minimum atomic E-state index is -0.458. The molecule has 6 nitrogen and oxygen atoms in total. The number of Topliss-reactive ketones (excluding diaryl/α,β-unsaturated/α-hetero) is 1. The predicted octanol–water partition coefficient (Wildman–Crippen LogP) is 9.60. The SMILES string of the molecule is CCCCCCCOc1ccc(C(=O)Oc2ccc(CN(C(=O)c3ccc(C(C)(C)C)cc3)c3ccc(C(C)=O)cc3)cc2)cc1. The normalized spacial score (nSPS) is 11.2. The Bertz CT molecular complexity index is 1580. The molecular weight excluding hydrogens is 574 g/mol. The predicted molar refractivity (Wildman–Crippen MR) is 184 cm³/mol. The lowest BCUT2D eigenvalue weighted by Crippen LogP contribution is -2.30. The van der Waals surface area contributed by atoms with Gasteiger partial charge in [-0.3, -0.25) is 9.59 Å². The van der Waals surface area contributed by atoms with Gasteiger partial charge in [-0.1, -0.05) is 77.6 Å². The van der Waals surface area contributed by atoms with Gasteiger partial charge < -0.3 is 14.4 Å². The van der Waals surface area contributed by atoms with E-state index in [0.717, 1.165) is 29.7 Å². The molecule has 0 heterocycles. The Hall–Kier alpha value is -4.71. The van der Waals surface area contributed by atoms with Gasteiger partial charge in [0.05, 0.1) is 18.7 Å². The summed E-state index contributed by atoms with van der Waals surface area (Å²) in [5, 5.41) is 0. The van der Waals surface area contributed by atoms with Crippen LogP contribution >= 0.6 is 0 Å². The first-order chi connectivity index (χ1) is 22.0. The van der Waals surface area contributed by atoms with Crippen molar-refractivity contribution in [1.29, 1.82) is 0 Å². The van der Waals surface area contributed by atoms with Gasteiger partial charge in [0.15, 0.2) is 5.78 Å². The molecule has 1 amide bonds. The van der Waals surface area contributed by atoms with Gasteiger partial charge >= 0.3 is 5.97 Å². The molecule has 0 saturated carbocycles. The van der Waals surface area contributed by atoms with Crippen LogP contribution in [0.4, 0.5) is 5.69 Å². The van der Waals surface area contributed by atoms with Gasteiger partial charge in [0, 0.05) is 16.8 Å². The summed E-state index contributed by atoms with van der Waals surface area (Å²) in [5.74, 6) is 0.486. The number of carbonyl (C=O) groups excluding carboxylic acids is 3. The Morgan fingerprint density at radius 2 is 1.22 bits per heavy atom. The summed E-state index contributed by atoms with van der Waals surface area (Å²) in [6.07, 6.45) is 5.87. The highest BCUT2D eigenvalue weighted by Gasteiger charge is 2.21. The zero-order chi connectivity index (χ0) is 33.1. The molecule has 0 radical (unpaired) electrons. The van der Waals surface area contributed by atoms with Crippen molar-refractivity contribution in [3.63, 3.8) is 0 Å². The lowest BCUT2D eigenvalue weighted by Gasteiger charge is -2.24. The molecule has 4 aromatic carbocycles. The smallest absolute Gasteiger partial charge is 0.343 e. The molecule has 4 rings (SSSR count). The molecule has 4 aromatic rings. The third-order valence-corrected chi connectivity index (χ3v) is 7.91. The van der Waals surface area contributed by atoms with Crippen LogP contribution in [-0.4, -0.2) is 24.3 Å². The number of benzene rings is 4. The molecule has 240 valence electrons. The molecule has 0 atom stereocenters. The maximum Gasteiger partial charge on any atom is 0.343 e. The highest BCUT2D eigenvalue weighted by Crippen LogP contribution is 2.26. The minimum Gasteiger partial charge on any atom is -0.494 e. The zero-order valence-electron chi connectivity index (χ0n) is 27.7. The number of ketones is 1. The molecule has 0 fully saturated rings. The van der Waals surface area contributed by atoms with E-state index in [0.29, 0.717) is 34.7 Å². The summed E-state index contributed by atoms with van der Waals surface area (Å²) in [5.41, 5.74) is 4.22. The van der Waals surface area contributed by atoms with Gasteiger partial charge in [-0.05, 0) is 103 Å². The molecule has 0 aliphatic rings. The van der Waals surface area contributed by atoms with Crippen LogP contribution in [0.15, 0.2) is 97.1 Å². The molecule has 0 N–H and O–H groups in total. The van der Waals surface area contributed by atoms with Crippen molar-refractivity contribution in [1.82, 2.24) is 0 Å². The number of hydrogen-bond acceptors (Lipinski definition) is 5. The van der Waals surface area contributed by atoms with E-state index >= 15 is 0 Å². The van der Waals surface area contributed by atoms with Crippen molar-refractivity contribution in [2.24, 2.45) is 0 Å². The fraction of sp³-hybridized carbons (Fsp3) is 0.325. The number of esters is 1. The quantitative estimate of drug-likeness (QED) is 0.0608. The van der Waals surface area contributed by atoms with Crippen LogP contribution in [0.3, 0.4) is 0 Å². The van der Waals surface area contributed by atoms with Crippen molar-refractivity contribution < 1.29 is 23.9 Å². The number of carbonyl (C=O) groups is 3. The first-order valence-electron chi connectivity index (χ1n) is 16.1. The standard InChI is InChI=1S/C40H45NO5/c1-6-7-8-9-10-27-45-36-25-17-33(18-26-36)39(44)46-37-23-11-30(12-24-37)28-41(35-21-15-31(16-22-35)29(2)42)38(43)32-13-19-34(20-14-32)40(3,4)5/h11-26H,6-10,27-28H2,1-5H3. The van der Waals surface area contributed by atoms with Gasteiger partial charge in [-0.25, -0.2) is 4.79 Å². The third kappa shape index (κ3) is 9.64. The summed E-state index contributed by atoms with van der Waals surface area (Å²) in [7, 11) is 0. The molecule has 0 bridgehead atoms. The molecular formula is C40H45NO5. The molecule has 0 spiro atoms. The van der Waals surface area contributed by atoms with Gasteiger partial charge in [0.25, 0.3) is 5.91 Å². The average Bonchev–Trinajstić information content (AvgIpc) is 3.05. The summed E-state index contributed by atoms with van der Waals surface area (Å²) in [4.78, 5) is 40.2. The van der Waals surface area contributed by atoms with Gasteiger partial charge in [-0.2, -0.15) is 0 Å². The van der Waals surface area contributed by atoms with E-state index in [1.54, 1.807) is 65.6 Å². The number of amides is 1. The second kappa shape index (κ2) is 16.0. The largest absolute Gasteiger partial charge is 0.494 e. The Morgan fingerprint density at radius 1 is 0.652 bits per heavy atom. The second-order valence-corrected chi connectivity index (χ2v) is 12.6. The molecule has 0 aromatic heterocycles. The summed E-state index contributed by atoms with van der Waals surface area (Å²) in [6.45, 7) is 11.1. The number of nitrogens with zero attached hydrogens (tertiary/aromatic N) is 1. The van der Waals surface area contributed by atoms with Crippen LogP contribution in [0.25, 0.3) is 0 Å². The molecule has 0 aliphatic heterocycles. The zero-order valence-corrected chi connectivity index (χ0v) is 27.7. The fourth-order valence-electron chi connectivity index (χ4n) is 5.02. The maximum atomic E-state index is 13.8. The molecule has 6 heteroatoms. The highest BCUT2D eigenvalue weighted by molar-refractivity contribution is 6.06. The fourth-order valence-corrected chi connectivity index (χ4v) is 5.02. The van der Waals surface area contributed by atoms with Crippen molar-refractivity contribution in [2.45, 2.75) is 78.7 Å². The van der Waals surface area contributed by atoms with Crippen molar-refractivity contribution in [3.05, 3.63) is 125 Å². The van der Waals surface area contributed by atoms with Crippen molar-refractivity contribution in [2.75, 3.05) is 11.5 Å². The first-order valence-corrected chi connectivity index (χ1v) is 16.1. The Labute approximate surface area is 273 Å².